The monoisotopic (exact) mass is 213 g/mol. The van der Waals surface area contributed by atoms with Gasteiger partial charge in [-0.1, -0.05) is 53.4 Å². The molecule has 92 valence electrons. The van der Waals surface area contributed by atoms with Crippen LogP contribution in [0.3, 0.4) is 0 Å². The standard InChI is InChI=1S/C14H31N/c1-6-10-13(8-3)14(11-7-2)12-15(5)9-4/h13-14H,6-12H2,1-5H3. The summed E-state index contributed by atoms with van der Waals surface area (Å²) < 4.78 is 0. The number of hydrogen-bond donors (Lipinski definition) is 0. The molecule has 1 heteroatoms. The van der Waals surface area contributed by atoms with Gasteiger partial charge >= 0.3 is 0 Å². The fraction of sp³-hybridized carbons (Fsp3) is 1.00. The minimum Gasteiger partial charge on any atom is -0.306 e. The first-order chi connectivity index (χ1) is 7.19. The maximum atomic E-state index is 2.47. The normalized spacial score (nSPS) is 15.6. The molecule has 0 rings (SSSR count). The van der Waals surface area contributed by atoms with Crippen molar-refractivity contribution in [2.24, 2.45) is 11.8 Å². The first-order valence-electron chi connectivity index (χ1n) is 6.87. The fourth-order valence-corrected chi connectivity index (χ4v) is 2.52. The largest absolute Gasteiger partial charge is 0.306 e. The third-order valence-electron chi connectivity index (χ3n) is 3.60. The van der Waals surface area contributed by atoms with Crippen LogP contribution in [0.15, 0.2) is 0 Å². The molecule has 0 bridgehead atoms. The summed E-state index contributed by atoms with van der Waals surface area (Å²) in [7, 11) is 2.25. The van der Waals surface area contributed by atoms with Crippen molar-refractivity contribution in [3.63, 3.8) is 0 Å². The van der Waals surface area contributed by atoms with Gasteiger partial charge in [0.05, 0.1) is 0 Å². The van der Waals surface area contributed by atoms with Crippen LogP contribution in [0, 0.1) is 11.8 Å². The minimum atomic E-state index is 0.921. The van der Waals surface area contributed by atoms with E-state index in [2.05, 4.69) is 39.6 Å². The summed E-state index contributed by atoms with van der Waals surface area (Å²) in [5, 5.41) is 0. The van der Waals surface area contributed by atoms with Gasteiger partial charge in [0.25, 0.3) is 0 Å². The lowest BCUT2D eigenvalue weighted by atomic mass is 9.83. The molecule has 0 fully saturated rings. The lowest BCUT2D eigenvalue weighted by Crippen LogP contribution is -2.30. The Hall–Kier alpha value is -0.0400. The average Bonchev–Trinajstić information content (AvgIpc) is 2.25. The van der Waals surface area contributed by atoms with E-state index in [1.165, 1.54) is 45.2 Å². The van der Waals surface area contributed by atoms with Crippen LogP contribution in [0.25, 0.3) is 0 Å². The third kappa shape index (κ3) is 6.19. The second-order valence-corrected chi connectivity index (χ2v) is 4.86. The lowest BCUT2D eigenvalue weighted by Gasteiger charge is -2.29. The van der Waals surface area contributed by atoms with Crippen molar-refractivity contribution in [3.05, 3.63) is 0 Å². The quantitative estimate of drug-likeness (QED) is 0.555. The van der Waals surface area contributed by atoms with Gasteiger partial charge in [-0.3, -0.25) is 0 Å². The Labute approximate surface area is 97.2 Å². The van der Waals surface area contributed by atoms with E-state index in [-0.39, 0.29) is 0 Å². The van der Waals surface area contributed by atoms with Gasteiger partial charge in [0.1, 0.15) is 0 Å². The Kier molecular flexibility index (Phi) is 9.18. The van der Waals surface area contributed by atoms with Gasteiger partial charge in [-0.2, -0.15) is 0 Å². The number of rotatable bonds is 9. The molecule has 0 aromatic heterocycles. The molecule has 0 saturated heterocycles. The Bertz CT molecular complexity index is 133. The molecule has 0 aromatic carbocycles. The van der Waals surface area contributed by atoms with Crippen LogP contribution in [-0.4, -0.2) is 25.0 Å². The van der Waals surface area contributed by atoms with E-state index < -0.39 is 0 Å². The number of hydrogen-bond acceptors (Lipinski definition) is 1. The zero-order valence-corrected chi connectivity index (χ0v) is 11.6. The molecule has 0 aliphatic heterocycles. The van der Waals surface area contributed by atoms with E-state index in [1.807, 2.05) is 0 Å². The van der Waals surface area contributed by atoms with Crippen LogP contribution in [0.4, 0.5) is 0 Å². The highest BCUT2D eigenvalue weighted by Crippen LogP contribution is 2.26. The van der Waals surface area contributed by atoms with Crippen molar-refractivity contribution in [1.82, 2.24) is 4.90 Å². The molecule has 2 atom stereocenters. The summed E-state index contributed by atoms with van der Waals surface area (Å²) in [5.41, 5.74) is 0. The Morgan fingerprint density at radius 3 is 1.80 bits per heavy atom. The fourth-order valence-electron chi connectivity index (χ4n) is 2.52. The average molecular weight is 213 g/mol. The molecule has 0 radical (unpaired) electrons. The van der Waals surface area contributed by atoms with Gasteiger partial charge in [0.2, 0.25) is 0 Å². The van der Waals surface area contributed by atoms with Crippen molar-refractivity contribution in [1.29, 1.82) is 0 Å². The first kappa shape index (κ1) is 15.0. The van der Waals surface area contributed by atoms with Crippen molar-refractivity contribution >= 4 is 0 Å². The zero-order chi connectivity index (χ0) is 11.7. The first-order valence-corrected chi connectivity index (χ1v) is 6.87. The SMILES string of the molecule is CCCC(CC)C(CCC)CN(C)CC. The zero-order valence-electron chi connectivity index (χ0n) is 11.6. The summed E-state index contributed by atoms with van der Waals surface area (Å²) in [6, 6.07) is 0. The Morgan fingerprint density at radius 1 is 0.867 bits per heavy atom. The summed E-state index contributed by atoms with van der Waals surface area (Å²) in [6.07, 6.45) is 6.86. The molecule has 0 aliphatic carbocycles. The smallest absolute Gasteiger partial charge is 0.000913 e. The van der Waals surface area contributed by atoms with Crippen LogP contribution in [-0.2, 0) is 0 Å². The number of nitrogens with zero attached hydrogens (tertiary/aromatic N) is 1. The highest BCUT2D eigenvalue weighted by atomic mass is 15.1. The minimum absolute atomic E-state index is 0.921. The van der Waals surface area contributed by atoms with Crippen molar-refractivity contribution in [2.75, 3.05) is 20.1 Å². The Balaban J connectivity index is 4.19. The van der Waals surface area contributed by atoms with Gasteiger partial charge < -0.3 is 4.90 Å². The van der Waals surface area contributed by atoms with Crippen molar-refractivity contribution < 1.29 is 0 Å². The van der Waals surface area contributed by atoms with E-state index in [0.717, 1.165) is 11.8 Å². The lowest BCUT2D eigenvalue weighted by molar-refractivity contribution is 0.200. The second-order valence-electron chi connectivity index (χ2n) is 4.86. The van der Waals surface area contributed by atoms with Gasteiger partial charge in [-0.05, 0) is 31.8 Å². The summed E-state index contributed by atoms with van der Waals surface area (Å²) in [6.45, 7) is 11.7. The maximum absolute atomic E-state index is 2.47. The summed E-state index contributed by atoms with van der Waals surface area (Å²) in [5.74, 6) is 1.87. The van der Waals surface area contributed by atoms with E-state index >= 15 is 0 Å². The molecular formula is C14H31N. The van der Waals surface area contributed by atoms with E-state index in [4.69, 9.17) is 0 Å². The molecule has 0 N–H and O–H groups in total. The van der Waals surface area contributed by atoms with E-state index in [9.17, 15) is 0 Å². The van der Waals surface area contributed by atoms with Crippen molar-refractivity contribution in [3.8, 4) is 0 Å². The van der Waals surface area contributed by atoms with Crippen LogP contribution in [0.2, 0.25) is 0 Å². The Morgan fingerprint density at radius 2 is 1.40 bits per heavy atom. The van der Waals surface area contributed by atoms with Gasteiger partial charge in [0, 0.05) is 6.54 Å². The molecule has 15 heavy (non-hydrogen) atoms. The van der Waals surface area contributed by atoms with Gasteiger partial charge in [-0.15, -0.1) is 0 Å². The molecule has 1 nitrogen and oxygen atoms in total. The molecule has 0 saturated carbocycles. The highest BCUT2D eigenvalue weighted by molar-refractivity contribution is 4.71. The van der Waals surface area contributed by atoms with E-state index in [0.29, 0.717) is 0 Å². The predicted octanol–water partition coefficient (Wildman–Crippen LogP) is 4.18. The van der Waals surface area contributed by atoms with Crippen LogP contribution < -0.4 is 0 Å². The molecule has 0 aliphatic rings. The van der Waals surface area contributed by atoms with Crippen LogP contribution >= 0.6 is 0 Å². The summed E-state index contributed by atoms with van der Waals surface area (Å²) >= 11 is 0. The van der Waals surface area contributed by atoms with Crippen LogP contribution in [0.5, 0.6) is 0 Å². The highest BCUT2D eigenvalue weighted by Gasteiger charge is 2.19. The summed E-state index contributed by atoms with van der Waals surface area (Å²) in [4.78, 5) is 2.47. The topological polar surface area (TPSA) is 3.24 Å². The van der Waals surface area contributed by atoms with Crippen LogP contribution in [0.1, 0.15) is 59.8 Å². The van der Waals surface area contributed by atoms with E-state index in [1.54, 1.807) is 0 Å². The van der Waals surface area contributed by atoms with Gasteiger partial charge in [-0.25, -0.2) is 0 Å². The molecule has 0 spiro atoms. The predicted molar refractivity (Wildman–Crippen MR) is 70.3 cm³/mol. The molecule has 0 aromatic rings. The van der Waals surface area contributed by atoms with Gasteiger partial charge in [0.15, 0.2) is 0 Å². The molecule has 2 unspecified atom stereocenters. The second kappa shape index (κ2) is 9.21. The molecule has 0 amide bonds. The maximum Gasteiger partial charge on any atom is 0.000913 e. The third-order valence-corrected chi connectivity index (χ3v) is 3.60. The van der Waals surface area contributed by atoms with Crippen molar-refractivity contribution in [2.45, 2.75) is 59.8 Å². The molecule has 0 heterocycles. The molecular weight excluding hydrogens is 182 g/mol.